The van der Waals surface area contributed by atoms with E-state index in [9.17, 15) is 4.79 Å². The van der Waals surface area contributed by atoms with Crippen molar-refractivity contribution in [3.63, 3.8) is 0 Å². The van der Waals surface area contributed by atoms with E-state index in [1.807, 2.05) is 18.2 Å². The number of hydrogen-bond acceptors (Lipinski definition) is 3. The van der Waals surface area contributed by atoms with E-state index in [0.29, 0.717) is 16.3 Å². The predicted molar refractivity (Wildman–Crippen MR) is 63.2 cm³/mol. The van der Waals surface area contributed by atoms with E-state index in [-0.39, 0.29) is 12.1 Å². The van der Waals surface area contributed by atoms with Crippen LogP contribution in [-0.4, -0.2) is 9.97 Å². The molecule has 0 saturated carbocycles. The van der Waals surface area contributed by atoms with Crippen molar-refractivity contribution in [1.29, 1.82) is 0 Å². The highest BCUT2D eigenvalue weighted by Crippen LogP contribution is 2.26. The Bertz CT molecular complexity index is 565. The number of benzene rings is 1. The van der Waals surface area contributed by atoms with Crippen LogP contribution in [0.5, 0.6) is 0 Å². The van der Waals surface area contributed by atoms with E-state index in [4.69, 9.17) is 17.3 Å². The van der Waals surface area contributed by atoms with E-state index in [0.717, 1.165) is 5.56 Å². The Morgan fingerprint density at radius 3 is 2.81 bits per heavy atom. The molecule has 82 valence electrons. The first-order valence-corrected chi connectivity index (χ1v) is 5.13. The summed E-state index contributed by atoms with van der Waals surface area (Å²) < 4.78 is 0. The van der Waals surface area contributed by atoms with E-state index in [2.05, 4.69) is 9.97 Å². The molecule has 0 bridgehead atoms. The molecule has 0 fully saturated rings. The van der Waals surface area contributed by atoms with Gasteiger partial charge in [-0.15, -0.1) is 0 Å². The van der Waals surface area contributed by atoms with Crippen molar-refractivity contribution in [2.45, 2.75) is 6.54 Å². The first kappa shape index (κ1) is 10.9. The molecule has 0 unspecified atom stereocenters. The van der Waals surface area contributed by atoms with Gasteiger partial charge in [-0.05, 0) is 6.07 Å². The zero-order chi connectivity index (χ0) is 11.5. The maximum Gasteiger partial charge on any atom is 0.255 e. The van der Waals surface area contributed by atoms with E-state index >= 15 is 0 Å². The van der Waals surface area contributed by atoms with Crippen LogP contribution < -0.4 is 11.3 Å². The van der Waals surface area contributed by atoms with Crippen molar-refractivity contribution < 1.29 is 0 Å². The lowest BCUT2D eigenvalue weighted by Gasteiger charge is -2.06. The SMILES string of the molecule is NCc1c(-c2ccccc2Cl)nc[nH]c1=O. The molecule has 0 radical (unpaired) electrons. The zero-order valence-electron chi connectivity index (χ0n) is 8.40. The summed E-state index contributed by atoms with van der Waals surface area (Å²) in [7, 11) is 0. The highest BCUT2D eigenvalue weighted by molar-refractivity contribution is 6.33. The average molecular weight is 236 g/mol. The molecular formula is C11H10ClN3O. The van der Waals surface area contributed by atoms with Crippen molar-refractivity contribution in [1.82, 2.24) is 9.97 Å². The maximum absolute atomic E-state index is 11.5. The van der Waals surface area contributed by atoms with Gasteiger partial charge in [-0.3, -0.25) is 4.79 Å². The van der Waals surface area contributed by atoms with Gasteiger partial charge in [0.15, 0.2) is 0 Å². The molecule has 1 aromatic heterocycles. The third-order valence-corrected chi connectivity index (χ3v) is 2.61. The molecule has 0 amide bonds. The highest BCUT2D eigenvalue weighted by atomic mass is 35.5. The quantitative estimate of drug-likeness (QED) is 0.830. The highest BCUT2D eigenvalue weighted by Gasteiger charge is 2.11. The molecule has 1 aromatic carbocycles. The van der Waals surface area contributed by atoms with Gasteiger partial charge >= 0.3 is 0 Å². The fourth-order valence-electron chi connectivity index (χ4n) is 1.50. The Balaban J connectivity index is 2.70. The van der Waals surface area contributed by atoms with Crippen molar-refractivity contribution >= 4 is 11.6 Å². The van der Waals surface area contributed by atoms with Gasteiger partial charge in [0.2, 0.25) is 0 Å². The van der Waals surface area contributed by atoms with Crippen LogP contribution in [0.2, 0.25) is 5.02 Å². The van der Waals surface area contributed by atoms with Crippen LogP contribution in [0.3, 0.4) is 0 Å². The molecule has 5 heteroatoms. The topological polar surface area (TPSA) is 71.8 Å². The van der Waals surface area contributed by atoms with Crippen LogP contribution in [0, 0.1) is 0 Å². The molecule has 0 spiro atoms. The molecule has 4 nitrogen and oxygen atoms in total. The number of H-pyrrole nitrogens is 1. The van der Waals surface area contributed by atoms with Gasteiger partial charge in [-0.1, -0.05) is 29.8 Å². The molecule has 2 rings (SSSR count). The van der Waals surface area contributed by atoms with Crippen LogP contribution in [0.15, 0.2) is 35.4 Å². The Labute approximate surface area is 97.1 Å². The van der Waals surface area contributed by atoms with Crippen molar-refractivity contribution in [3.8, 4) is 11.3 Å². The van der Waals surface area contributed by atoms with Crippen LogP contribution in [0.4, 0.5) is 0 Å². The Kier molecular flexibility index (Phi) is 3.03. The number of halogens is 1. The Morgan fingerprint density at radius 2 is 2.12 bits per heavy atom. The van der Waals surface area contributed by atoms with Gasteiger partial charge in [0.05, 0.1) is 17.6 Å². The second kappa shape index (κ2) is 4.47. The molecule has 0 saturated heterocycles. The summed E-state index contributed by atoms with van der Waals surface area (Å²) in [5, 5.41) is 0.551. The Morgan fingerprint density at radius 1 is 1.38 bits per heavy atom. The van der Waals surface area contributed by atoms with Crippen molar-refractivity contribution in [2.24, 2.45) is 5.73 Å². The summed E-state index contributed by atoms with van der Waals surface area (Å²) in [4.78, 5) is 18.1. The van der Waals surface area contributed by atoms with Crippen LogP contribution >= 0.6 is 11.6 Å². The number of nitrogens with two attached hydrogens (primary N) is 1. The largest absolute Gasteiger partial charge is 0.326 e. The number of aromatic nitrogens is 2. The normalized spacial score (nSPS) is 10.4. The maximum atomic E-state index is 11.5. The summed E-state index contributed by atoms with van der Waals surface area (Å²) in [5.74, 6) is 0. The molecule has 0 aliphatic heterocycles. The number of hydrogen-bond donors (Lipinski definition) is 2. The van der Waals surface area contributed by atoms with Gasteiger partial charge in [0, 0.05) is 17.1 Å². The molecule has 2 aromatic rings. The molecule has 0 atom stereocenters. The smallest absolute Gasteiger partial charge is 0.255 e. The lowest BCUT2D eigenvalue weighted by Crippen LogP contribution is -2.18. The number of aromatic amines is 1. The Hall–Kier alpha value is -1.65. The third kappa shape index (κ3) is 1.85. The summed E-state index contributed by atoms with van der Waals surface area (Å²) in [6.45, 7) is 0.129. The molecule has 1 heterocycles. The minimum Gasteiger partial charge on any atom is -0.326 e. The predicted octanol–water partition coefficient (Wildman–Crippen LogP) is 1.55. The second-order valence-corrected chi connectivity index (χ2v) is 3.65. The second-order valence-electron chi connectivity index (χ2n) is 3.24. The summed E-state index contributed by atoms with van der Waals surface area (Å²) in [5.41, 5.74) is 7.00. The standard InChI is InChI=1S/C11H10ClN3O/c12-9-4-2-1-3-7(9)10-8(5-13)11(16)15-6-14-10/h1-4,6H,5,13H2,(H,14,15,16). The van der Waals surface area contributed by atoms with E-state index in [1.165, 1.54) is 6.33 Å². The minimum atomic E-state index is -0.229. The van der Waals surface area contributed by atoms with Gasteiger partial charge in [-0.2, -0.15) is 0 Å². The van der Waals surface area contributed by atoms with Crippen LogP contribution in [0.25, 0.3) is 11.3 Å². The van der Waals surface area contributed by atoms with Gasteiger partial charge in [0.25, 0.3) is 5.56 Å². The third-order valence-electron chi connectivity index (χ3n) is 2.28. The van der Waals surface area contributed by atoms with E-state index < -0.39 is 0 Å². The summed E-state index contributed by atoms with van der Waals surface area (Å²) >= 11 is 6.05. The number of nitrogens with zero attached hydrogens (tertiary/aromatic N) is 1. The van der Waals surface area contributed by atoms with Gasteiger partial charge in [-0.25, -0.2) is 4.98 Å². The zero-order valence-corrected chi connectivity index (χ0v) is 9.16. The molecule has 16 heavy (non-hydrogen) atoms. The first-order valence-electron chi connectivity index (χ1n) is 4.75. The van der Waals surface area contributed by atoms with Gasteiger partial charge in [0.1, 0.15) is 0 Å². The fourth-order valence-corrected chi connectivity index (χ4v) is 1.73. The lowest BCUT2D eigenvalue weighted by molar-refractivity contribution is 0.980. The number of nitrogens with one attached hydrogen (secondary N) is 1. The minimum absolute atomic E-state index is 0.129. The number of rotatable bonds is 2. The van der Waals surface area contributed by atoms with Gasteiger partial charge < -0.3 is 10.7 Å². The average Bonchev–Trinajstić information content (AvgIpc) is 2.29. The fraction of sp³-hybridized carbons (Fsp3) is 0.0909. The van der Waals surface area contributed by atoms with Crippen molar-refractivity contribution in [3.05, 3.63) is 51.5 Å². The van der Waals surface area contributed by atoms with E-state index in [1.54, 1.807) is 6.07 Å². The van der Waals surface area contributed by atoms with Crippen molar-refractivity contribution in [2.75, 3.05) is 0 Å². The molecule has 3 N–H and O–H groups in total. The summed E-state index contributed by atoms with van der Waals surface area (Å²) in [6, 6.07) is 7.22. The lowest BCUT2D eigenvalue weighted by atomic mass is 10.1. The first-order chi connectivity index (χ1) is 7.74. The van der Waals surface area contributed by atoms with Crippen LogP contribution in [0.1, 0.15) is 5.56 Å². The summed E-state index contributed by atoms with van der Waals surface area (Å²) in [6.07, 6.45) is 1.35. The monoisotopic (exact) mass is 235 g/mol. The molecular weight excluding hydrogens is 226 g/mol. The molecule has 0 aliphatic rings. The van der Waals surface area contributed by atoms with Crippen LogP contribution in [-0.2, 0) is 6.54 Å². The molecule has 0 aliphatic carbocycles.